The smallest absolute Gasteiger partial charge is 0.228 e. The van der Waals surface area contributed by atoms with E-state index in [1.54, 1.807) is 0 Å². The Balaban J connectivity index is 1.36. The first-order valence-corrected chi connectivity index (χ1v) is 9.11. The molecule has 5 heteroatoms. The number of anilines is 1. The van der Waals surface area contributed by atoms with E-state index < -0.39 is 0 Å². The fourth-order valence-corrected chi connectivity index (χ4v) is 3.70. The Bertz CT molecular complexity index is 882. The molecule has 0 unspecified atom stereocenters. The quantitative estimate of drug-likeness (QED) is 0.723. The van der Waals surface area contributed by atoms with Crippen molar-refractivity contribution in [2.45, 2.75) is 25.3 Å². The van der Waals surface area contributed by atoms with Crippen LogP contribution >= 0.6 is 0 Å². The number of likely N-dealkylation sites (tertiary alicyclic amines) is 1. The molecule has 0 radical (unpaired) electrons. The van der Waals surface area contributed by atoms with Gasteiger partial charge in [0.1, 0.15) is 5.69 Å². The number of hydrogen-bond acceptors (Lipinski definition) is 4. The van der Waals surface area contributed by atoms with Crippen LogP contribution in [0.1, 0.15) is 18.5 Å². The maximum Gasteiger partial charge on any atom is 0.228 e. The molecule has 5 nitrogen and oxygen atoms in total. The molecule has 0 aliphatic carbocycles. The molecule has 1 amide bonds. The largest absolute Gasteiger partial charge is 0.371 e. The van der Waals surface area contributed by atoms with Crippen LogP contribution in [0.5, 0.6) is 0 Å². The summed E-state index contributed by atoms with van der Waals surface area (Å²) in [5.41, 5.74) is 2.69. The highest BCUT2D eigenvalue weighted by Gasteiger charge is 2.26. The Morgan fingerprint density at radius 1 is 1.12 bits per heavy atom. The molecule has 4 rings (SSSR count). The number of hydrogen-bond donors (Lipinski definition) is 0. The molecule has 1 aliphatic rings. The predicted molar refractivity (Wildman–Crippen MR) is 102 cm³/mol. The molecule has 0 atom stereocenters. The van der Waals surface area contributed by atoms with Gasteiger partial charge in [-0.2, -0.15) is 0 Å². The molecule has 3 aromatic rings. The van der Waals surface area contributed by atoms with Crippen molar-refractivity contribution in [2.24, 2.45) is 0 Å². The van der Waals surface area contributed by atoms with E-state index in [1.807, 2.05) is 35.2 Å². The molecular weight excluding hydrogens is 326 g/mol. The molecule has 1 fully saturated rings. The molecule has 26 heavy (non-hydrogen) atoms. The van der Waals surface area contributed by atoms with Crippen LogP contribution < -0.4 is 4.90 Å². The van der Waals surface area contributed by atoms with Crippen LogP contribution in [0.15, 0.2) is 59.1 Å². The minimum Gasteiger partial charge on any atom is -0.371 e. The Kier molecular flexibility index (Phi) is 4.61. The summed E-state index contributed by atoms with van der Waals surface area (Å²) < 4.78 is 5.31. The number of aromatic nitrogens is 1. The fraction of sp³-hybridized carbons (Fsp3) is 0.333. The van der Waals surface area contributed by atoms with Gasteiger partial charge in [-0.3, -0.25) is 4.79 Å². The average Bonchev–Trinajstić information content (AvgIpc) is 3.11. The van der Waals surface area contributed by atoms with Crippen LogP contribution in [0.25, 0.3) is 11.0 Å². The fourth-order valence-electron chi connectivity index (χ4n) is 3.70. The van der Waals surface area contributed by atoms with Gasteiger partial charge in [0.2, 0.25) is 5.91 Å². The van der Waals surface area contributed by atoms with Crippen molar-refractivity contribution in [3.63, 3.8) is 0 Å². The van der Waals surface area contributed by atoms with E-state index in [2.05, 4.69) is 41.4 Å². The molecule has 1 aliphatic heterocycles. The molecule has 0 saturated carbocycles. The lowest BCUT2D eigenvalue weighted by molar-refractivity contribution is -0.131. The summed E-state index contributed by atoms with van der Waals surface area (Å²) in [6.07, 6.45) is 2.27. The van der Waals surface area contributed by atoms with Crippen molar-refractivity contribution < 1.29 is 9.32 Å². The number of amides is 1. The summed E-state index contributed by atoms with van der Waals surface area (Å²) in [5.74, 6) is 0.130. The maximum atomic E-state index is 12.7. The zero-order valence-corrected chi connectivity index (χ0v) is 15.0. The third-order valence-electron chi connectivity index (χ3n) is 5.30. The Morgan fingerprint density at radius 2 is 1.81 bits per heavy atom. The topological polar surface area (TPSA) is 49.6 Å². The molecule has 2 aromatic carbocycles. The van der Waals surface area contributed by atoms with Gasteiger partial charge in [0.25, 0.3) is 0 Å². The lowest BCUT2D eigenvalue weighted by Gasteiger charge is -2.37. The second-order valence-electron chi connectivity index (χ2n) is 6.86. The summed E-state index contributed by atoms with van der Waals surface area (Å²) in [6, 6.07) is 18.6. The zero-order valence-electron chi connectivity index (χ0n) is 15.0. The summed E-state index contributed by atoms with van der Waals surface area (Å²) in [5, 5.41) is 5.01. The van der Waals surface area contributed by atoms with E-state index in [0.717, 1.165) is 42.6 Å². The summed E-state index contributed by atoms with van der Waals surface area (Å²) >= 11 is 0. The third-order valence-corrected chi connectivity index (χ3v) is 5.30. The summed E-state index contributed by atoms with van der Waals surface area (Å²) in [7, 11) is 2.14. The Morgan fingerprint density at radius 3 is 2.58 bits per heavy atom. The van der Waals surface area contributed by atoms with Crippen LogP contribution in [-0.4, -0.2) is 42.1 Å². The Labute approximate surface area is 153 Å². The van der Waals surface area contributed by atoms with Gasteiger partial charge in [-0.15, -0.1) is 0 Å². The lowest BCUT2D eigenvalue weighted by Crippen LogP contribution is -2.46. The highest BCUT2D eigenvalue weighted by molar-refractivity contribution is 5.86. The van der Waals surface area contributed by atoms with Crippen molar-refractivity contribution >= 4 is 22.6 Å². The van der Waals surface area contributed by atoms with E-state index in [0.29, 0.717) is 12.5 Å². The van der Waals surface area contributed by atoms with E-state index in [9.17, 15) is 4.79 Å². The SMILES string of the molecule is CN(c1ccccc1)C1CCN(C(=O)Cc2noc3ccccc23)CC1. The van der Waals surface area contributed by atoms with Gasteiger partial charge in [0, 0.05) is 37.3 Å². The number of benzene rings is 2. The molecule has 1 saturated heterocycles. The van der Waals surface area contributed by atoms with Gasteiger partial charge in [0.05, 0.1) is 6.42 Å². The first kappa shape index (κ1) is 16.6. The maximum absolute atomic E-state index is 12.7. The minimum absolute atomic E-state index is 0.130. The first-order chi connectivity index (χ1) is 12.7. The first-order valence-electron chi connectivity index (χ1n) is 9.11. The van der Waals surface area contributed by atoms with Gasteiger partial charge >= 0.3 is 0 Å². The summed E-state index contributed by atoms with van der Waals surface area (Å²) in [4.78, 5) is 17.0. The molecule has 2 heterocycles. The van der Waals surface area contributed by atoms with Crippen molar-refractivity contribution in [3.8, 4) is 0 Å². The van der Waals surface area contributed by atoms with Crippen LogP contribution in [-0.2, 0) is 11.2 Å². The highest BCUT2D eigenvalue weighted by atomic mass is 16.5. The van der Waals surface area contributed by atoms with E-state index in [-0.39, 0.29) is 5.91 Å². The van der Waals surface area contributed by atoms with Gasteiger partial charge in [-0.25, -0.2) is 0 Å². The number of piperidine rings is 1. The monoisotopic (exact) mass is 349 g/mol. The third kappa shape index (κ3) is 3.29. The molecule has 0 bridgehead atoms. The van der Waals surface area contributed by atoms with Crippen molar-refractivity contribution in [1.29, 1.82) is 0 Å². The number of carbonyl (C=O) groups excluding carboxylic acids is 1. The van der Waals surface area contributed by atoms with Gasteiger partial charge in [-0.1, -0.05) is 35.5 Å². The van der Waals surface area contributed by atoms with Crippen LogP contribution in [0.2, 0.25) is 0 Å². The number of rotatable bonds is 4. The second kappa shape index (κ2) is 7.20. The van der Waals surface area contributed by atoms with Crippen molar-refractivity contribution in [3.05, 3.63) is 60.3 Å². The predicted octanol–water partition coefficient (Wildman–Crippen LogP) is 3.50. The van der Waals surface area contributed by atoms with E-state index >= 15 is 0 Å². The normalized spacial score (nSPS) is 15.3. The number of para-hydroxylation sites is 2. The van der Waals surface area contributed by atoms with Crippen LogP contribution in [0.4, 0.5) is 5.69 Å². The minimum atomic E-state index is 0.130. The van der Waals surface area contributed by atoms with Crippen LogP contribution in [0.3, 0.4) is 0 Å². The van der Waals surface area contributed by atoms with Crippen LogP contribution in [0, 0.1) is 0 Å². The summed E-state index contributed by atoms with van der Waals surface area (Å²) in [6.45, 7) is 1.58. The lowest BCUT2D eigenvalue weighted by atomic mass is 10.0. The average molecular weight is 349 g/mol. The Hall–Kier alpha value is -2.82. The number of fused-ring (bicyclic) bond motifs is 1. The van der Waals surface area contributed by atoms with E-state index in [4.69, 9.17) is 4.52 Å². The molecule has 134 valence electrons. The van der Waals surface area contributed by atoms with Crippen molar-refractivity contribution in [2.75, 3.05) is 25.0 Å². The van der Waals surface area contributed by atoms with Crippen molar-refractivity contribution in [1.82, 2.24) is 10.1 Å². The van der Waals surface area contributed by atoms with Gasteiger partial charge < -0.3 is 14.3 Å². The highest BCUT2D eigenvalue weighted by Crippen LogP contribution is 2.23. The van der Waals surface area contributed by atoms with E-state index in [1.165, 1.54) is 5.69 Å². The number of nitrogens with zero attached hydrogens (tertiary/aromatic N) is 3. The zero-order chi connectivity index (χ0) is 17.9. The number of carbonyl (C=O) groups is 1. The molecular formula is C21H23N3O2. The molecule has 1 aromatic heterocycles. The molecule has 0 spiro atoms. The van der Waals surface area contributed by atoms with Gasteiger partial charge in [-0.05, 0) is 37.1 Å². The molecule has 0 N–H and O–H groups in total. The second-order valence-corrected chi connectivity index (χ2v) is 6.86. The van der Waals surface area contributed by atoms with Gasteiger partial charge in [0.15, 0.2) is 5.58 Å². The standard InChI is InChI=1S/C21H23N3O2/c1-23(16-7-3-2-4-8-16)17-11-13-24(14-12-17)21(25)15-19-18-9-5-6-10-20(18)26-22-19/h2-10,17H,11-15H2,1H3.